The van der Waals surface area contributed by atoms with Gasteiger partial charge >= 0.3 is 0 Å². The summed E-state index contributed by atoms with van der Waals surface area (Å²) in [7, 11) is 0. The number of hydrogen-bond acceptors (Lipinski definition) is 3. The summed E-state index contributed by atoms with van der Waals surface area (Å²) in [6.07, 6.45) is 1.05. The maximum Gasteiger partial charge on any atom is -0.00111 e. The van der Waals surface area contributed by atoms with Gasteiger partial charge in [0, 0.05) is 0 Å². The minimum atomic E-state index is 0.581. The fourth-order valence-electron chi connectivity index (χ4n) is 0.659. The first kappa shape index (κ1) is 9.88. The molecular weight excluding hydrogens is 126 g/mol. The molecule has 0 aromatic rings. The summed E-state index contributed by atoms with van der Waals surface area (Å²) in [5.74, 6) is 0.581. The van der Waals surface area contributed by atoms with Gasteiger partial charge in [-0.25, -0.2) is 0 Å². The fraction of sp³-hybridized carbons (Fsp3) is 1.00. The Kier molecular flexibility index (Phi) is 6.91. The molecule has 0 aliphatic carbocycles. The molecule has 0 spiro atoms. The molecule has 0 heterocycles. The van der Waals surface area contributed by atoms with E-state index >= 15 is 0 Å². The average molecular weight is 145 g/mol. The first-order chi connectivity index (χ1) is 4.81. The van der Waals surface area contributed by atoms with Gasteiger partial charge in [-0.1, -0.05) is 6.92 Å². The van der Waals surface area contributed by atoms with E-state index in [0.29, 0.717) is 5.92 Å². The summed E-state index contributed by atoms with van der Waals surface area (Å²) in [6, 6.07) is 0. The Morgan fingerprint density at radius 1 is 1.40 bits per heavy atom. The zero-order valence-electron chi connectivity index (χ0n) is 6.77. The molecule has 0 aromatic carbocycles. The second-order valence-electron chi connectivity index (χ2n) is 2.69. The molecule has 0 aromatic heterocycles. The third kappa shape index (κ3) is 6.01. The van der Waals surface area contributed by atoms with Crippen LogP contribution in [0.3, 0.4) is 0 Å². The lowest BCUT2D eigenvalue weighted by Crippen LogP contribution is -2.27. The van der Waals surface area contributed by atoms with Gasteiger partial charge in [0.15, 0.2) is 0 Å². The van der Waals surface area contributed by atoms with Crippen LogP contribution in [0.1, 0.15) is 13.3 Å². The van der Waals surface area contributed by atoms with Gasteiger partial charge < -0.3 is 16.8 Å². The fourth-order valence-corrected chi connectivity index (χ4v) is 0.659. The third-order valence-corrected chi connectivity index (χ3v) is 1.45. The molecule has 3 nitrogen and oxygen atoms in total. The Morgan fingerprint density at radius 2 is 2.10 bits per heavy atom. The normalized spacial score (nSPS) is 13.5. The molecule has 0 radical (unpaired) electrons. The summed E-state index contributed by atoms with van der Waals surface area (Å²) in [5, 5.41) is 3.28. The molecule has 1 unspecified atom stereocenters. The van der Waals surface area contributed by atoms with E-state index in [1.54, 1.807) is 0 Å². The lowest BCUT2D eigenvalue weighted by atomic mass is 10.2. The first-order valence-electron chi connectivity index (χ1n) is 3.92. The van der Waals surface area contributed by atoms with Crippen molar-refractivity contribution in [2.45, 2.75) is 13.3 Å². The third-order valence-electron chi connectivity index (χ3n) is 1.45. The van der Waals surface area contributed by atoms with E-state index in [1.807, 2.05) is 0 Å². The van der Waals surface area contributed by atoms with E-state index < -0.39 is 0 Å². The van der Waals surface area contributed by atoms with E-state index in [1.165, 1.54) is 0 Å². The van der Waals surface area contributed by atoms with Gasteiger partial charge in [-0.3, -0.25) is 0 Å². The van der Waals surface area contributed by atoms with Crippen LogP contribution in [0.15, 0.2) is 0 Å². The predicted molar refractivity (Wildman–Crippen MR) is 44.8 cm³/mol. The SMILES string of the molecule is CC(CN)CNCCCN. The molecule has 3 heteroatoms. The maximum atomic E-state index is 5.42. The molecule has 10 heavy (non-hydrogen) atoms. The molecule has 5 N–H and O–H groups in total. The summed E-state index contributed by atoms with van der Waals surface area (Å²) >= 11 is 0. The number of nitrogens with one attached hydrogen (secondary N) is 1. The summed E-state index contributed by atoms with van der Waals surface area (Å²) in [6.45, 7) is 5.69. The van der Waals surface area contributed by atoms with Crippen molar-refractivity contribution in [3.8, 4) is 0 Å². The van der Waals surface area contributed by atoms with Gasteiger partial charge in [-0.05, 0) is 38.5 Å². The van der Waals surface area contributed by atoms with E-state index in [-0.39, 0.29) is 0 Å². The largest absolute Gasteiger partial charge is 0.330 e. The summed E-state index contributed by atoms with van der Waals surface area (Å²) in [5.41, 5.74) is 10.7. The van der Waals surface area contributed by atoms with Crippen molar-refractivity contribution in [2.75, 3.05) is 26.2 Å². The van der Waals surface area contributed by atoms with Gasteiger partial charge in [0.25, 0.3) is 0 Å². The minimum Gasteiger partial charge on any atom is -0.330 e. The van der Waals surface area contributed by atoms with Gasteiger partial charge in [0.1, 0.15) is 0 Å². The summed E-state index contributed by atoms with van der Waals surface area (Å²) < 4.78 is 0. The smallest absolute Gasteiger partial charge is 0.00111 e. The number of nitrogens with two attached hydrogens (primary N) is 2. The van der Waals surface area contributed by atoms with E-state index in [4.69, 9.17) is 11.5 Å². The Morgan fingerprint density at radius 3 is 2.60 bits per heavy atom. The molecule has 0 rings (SSSR count). The van der Waals surface area contributed by atoms with Crippen molar-refractivity contribution >= 4 is 0 Å². The zero-order chi connectivity index (χ0) is 7.82. The number of rotatable bonds is 6. The van der Waals surface area contributed by atoms with Crippen LogP contribution in [0.4, 0.5) is 0 Å². The standard InChI is InChI=1S/C7H19N3/c1-7(5-9)6-10-4-2-3-8/h7,10H,2-6,8-9H2,1H3. The van der Waals surface area contributed by atoms with Crippen LogP contribution < -0.4 is 16.8 Å². The van der Waals surface area contributed by atoms with Crippen LogP contribution in [0.25, 0.3) is 0 Å². The molecule has 1 atom stereocenters. The second-order valence-corrected chi connectivity index (χ2v) is 2.69. The quantitative estimate of drug-likeness (QED) is 0.442. The highest BCUT2D eigenvalue weighted by molar-refractivity contribution is 4.56. The van der Waals surface area contributed by atoms with Gasteiger partial charge in [-0.2, -0.15) is 0 Å². The molecular formula is C7H19N3. The Bertz CT molecular complexity index is 65.9. The van der Waals surface area contributed by atoms with Crippen LogP contribution in [0.5, 0.6) is 0 Å². The molecule has 62 valence electrons. The van der Waals surface area contributed by atoms with Gasteiger partial charge in [-0.15, -0.1) is 0 Å². The molecule has 0 amide bonds. The van der Waals surface area contributed by atoms with Crippen LogP contribution >= 0.6 is 0 Å². The van der Waals surface area contributed by atoms with Crippen LogP contribution in [-0.2, 0) is 0 Å². The molecule has 0 fully saturated rings. The van der Waals surface area contributed by atoms with Crippen molar-refractivity contribution in [3.05, 3.63) is 0 Å². The van der Waals surface area contributed by atoms with Gasteiger partial charge in [0.2, 0.25) is 0 Å². The highest BCUT2D eigenvalue weighted by Gasteiger charge is 1.95. The zero-order valence-corrected chi connectivity index (χ0v) is 6.77. The Balaban J connectivity index is 2.89. The highest BCUT2D eigenvalue weighted by atomic mass is 14.9. The first-order valence-corrected chi connectivity index (χ1v) is 3.92. The van der Waals surface area contributed by atoms with E-state index in [2.05, 4.69) is 12.2 Å². The molecule has 0 aliphatic rings. The predicted octanol–water partition coefficient (Wildman–Crippen LogP) is -0.480. The minimum absolute atomic E-state index is 0.581. The molecule has 0 aliphatic heterocycles. The average Bonchev–Trinajstić information content (AvgIpc) is 1.98. The highest BCUT2D eigenvalue weighted by Crippen LogP contribution is 1.86. The van der Waals surface area contributed by atoms with Crippen LogP contribution in [0.2, 0.25) is 0 Å². The van der Waals surface area contributed by atoms with E-state index in [0.717, 1.165) is 32.6 Å². The monoisotopic (exact) mass is 145 g/mol. The van der Waals surface area contributed by atoms with Crippen molar-refractivity contribution in [1.29, 1.82) is 0 Å². The van der Waals surface area contributed by atoms with Gasteiger partial charge in [0.05, 0.1) is 0 Å². The second kappa shape index (κ2) is 6.99. The van der Waals surface area contributed by atoms with Crippen molar-refractivity contribution in [2.24, 2.45) is 17.4 Å². The Labute approximate surface area is 63.2 Å². The molecule has 0 saturated heterocycles. The molecule has 0 saturated carbocycles. The maximum absolute atomic E-state index is 5.42. The van der Waals surface area contributed by atoms with Crippen LogP contribution in [0, 0.1) is 5.92 Å². The summed E-state index contributed by atoms with van der Waals surface area (Å²) in [4.78, 5) is 0. The van der Waals surface area contributed by atoms with Crippen molar-refractivity contribution in [1.82, 2.24) is 5.32 Å². The van der Waals surface area contributed by atoms with Crippen LogP contribution in [-0.4, -0.2) is 26.2 Å². The lowest BCUT2D eigenvalue weighted by Gasteiger charge is -2.08. The molecule has 0 bridgehead atoms. The number of hydrogen-bond donors (Lipinski definition) is 3. The van der Waals surface area contributed by atoms with E-state index in [9.17, 15) is 0 Å². The van der Waals surface area contributed by atoms with Crippen molar-refractivity contribution in [3.63, 3.8) is 0 Å². The Hall–Kier alpha value is -0.120. The lowest BCUT2D eigenvalue weighted by molar-refractivity contribution is 0.518. The topological polar surface area (TPSA) is 64.1 Å². The van der Waals surface area contributed by atoms with Crippen molar-refractivity contribution < 1.29 is 0 Å².